The van der Waals surface area contributed by atoms with E-state index in [9.17, 15) is 4.79 Å². The second-order valence-electron chi connectivity index (χ2n) is 11.5. The van der Waals surface area contributed by atoms with Crippen molar-refractivity contribution in [3.05, 3.63) is 0 Å². The Bertz CT molecular complexity index is 635. The third-order valence-corrected chi connectivity index (χ3v) is 7.28. The van der Waals surface area contributed by atoms with Crippen LogP contribution in [0.25, 0.3) is 0 Å². The third kappa shape index (κ3) is 8.23. The number of ether oxygens (including phenoxy) is 1. The van der Waals surface area contributed by atoms with Crippen LogP contribution in [0.2, 0.25) is 0 Å². The Labute approximate surface area is 219 Å². The molecule has 192 valence electrons. The zero-order valence-corrected chi connectivity index (χ0v) is 24.1. The molecule has 1 N–H and O–H groups in total. The molecule has 0 saturated carbocycles. The molecule has 3 saturated heterocycles. The highest BCUT2D eigenvalue weighted by Crippen LogP contribution is 2.33. The molecule has 7 nitrogen and oxygen atoms in total. The predicted octanol–water partition coefficient (Wildman–Crippen LogP) is 3.14. The number of carbonyl (C=O) groups excluding carboxylic acids is 1. The molecule has 0 radical (unpaired) electrons. The number of piperidine rings is 1. The topological polar surface area (TPSA) is 60.4 Å². The summed E-state index contributed by atoms with van der Waals surface area (Å²) in [5.41, 5.74) is 0.151. The lowest BCUT2D eigenvalue weighted by molar-refractivity contribution is -0.135. The van der Waals surface area contributed by atoms with Crippen molar-refractivity contribution >= 4 is 35.8 Å². The maximum Gasteiger partial charge on any atom is 0.236 e. The van der Waals surface area contributed by atoms with Gasteiger partial charge in [-0.1, -0.05) is 34.6 Å². The average molecular weight is 578 g/mol. The monoisotopic (exact) mass is 577 g/mol. The van der Waals surface area contributed by atoms with E-state index in [1.165, 1.54) is 12.8 Å². The Morgan fingerprint density at radius 1 is 1.06 bits per heavy atom. The van der Waals surface area contributed by atoms with Crippen LogP contribution in [0.5, 0.6) is 0 Å². The number of aliphatic imine (C=N–C) groups is 1. The number of rotatable bonds is 4. The maximum absolute atomic E-state index is 12.8. The van der Waals surface area contributed by atoms with Crippen molar-refractivity contribution in [2.75, 3.05) is 66.0 Å². The number of nitrogens with zero attached hydrogens (tertiary/aromatic N) is 4. The summed E-state index contributed by atoms with van der Waals surface area (Å²) in [5.74, 6) is 3.01. The van der Waals surface area contributed by atoms with Crippen molar-refractivity contribution in [2.24, 2.45) is 28.2 Å². The zero-order valence-electron chi connectivity index (χ0n) is 21.8. The van der Waals surface area contributed by atoms with Crippen molar-refractivity contribution in [3.63, 3.8) is 0 Å². The van der Waals surface area contributed by atoms with E-state index >= 15 is 0 Å². The number of carbonyl (C=O) groups is 1. The minimum atomic E-state index is 0. The Morgan fingerprint density at radius 3 is 2.27 bits per heavy atom. The first-order chi connectivity index (χ1) is 15.2. The van der Waals surface area contributed by atoms with Crippen molar-refractivity contribution in [2.45, 2.75) is 60.0 Å². The molecule has 33 heavy (non-hydrogen) atoms. The highest BCUT2D eigenvalue weighted by molar-refractivity contribution is 14.0. The van der Waals surface area contributed by atoms with E-state index in [0.29, 0.717) is 30.2 Å². The number of amides is 1. The van der Waals surface area contributed by atoms with Gasteiger partial charge in [0.05, 0.1) is 12.6 Å². The summed E-state index contributed by atoms with van der Waals surface area (Å²) in [7, 11) is 1.87. The number of likely N-dealkylation sites (tertiary alicyclic amines) is 1. The van der Waals surface area contributed by atoms with E-state index < -0.39 is 0 Å². The van der Waals surface area contributed by atoms with E-state index in [4.69, 9.17) is 4.74 Å². The fraction of sp³-hybridized carbons (Fsp3) is 0.920. The maximum atomic E-state index is 12.8. The van der Waals surface area contributed by atoms with Crippen molar-refractivity contribution in [1.29, 1.82) is 0 Å². The first-order valence-electron chi connectivity index (χ1n) is 12.7. The lowest BCUT2D eigenvalue weighted by Gasteiger charge is -2.41. The Morgan fingerprint density at radius 2 is 1.70 bits per heavy atom. The smallest absolute Gasteiger partial charge is 0.236 e. The van der Waals surface area contributed by atoms with Crippen LogP contribution in [0.3, 0.4) is 0 Å². The van der Waals surface area contributed by atoms with E-state index in [0.717, 1.165) is 64.8 Å². The lowest BCUT2D eigenvalue weighted by Crippen LogP contribution is -2.56. The Balaban J connectivity index is 0.00000385. The van der Waals surface area contributed by atoms with Crippen LogP contribution in [0.15, 0.2) is 4.99 Å². The molecule has 3 aliphatic heterocycles. The summed E-state index contributed by atoms with van der Waals surface area (Å²) in [5, 5.41) is 3.63. The van der Waals surface area contributed by atoms with Gasteiger partial charge < -0.3 is 19.9 Å². The number of hydrogen-bond donors (Lipinski definition) is 1. The van der Waals surface area contributed by atoms with Gasteiger partial charge in [0.2, 0.25) is 5.91 Å². The highest BCUT2D eigenvalue weighted by atomic mass is 127. The van der Waals surface area contributed by atoms with Gasteiger partial charge in [-0.25, -0.2) is 0 Å². The van der Waals surface area contributed by atoms with Crippen molar-refractivity contribution in [1.82, 2.24) is 20.0 Å². The number of nitrogens with one attached hydrogen (secondary N) is 1. The first-order valence-corrected chi connectivity index (χ1v) is 12.7. The standard InChI is InChI=1S/C25H47N5O2.HI/c1-19-14-20(2)17-30(16-19)22(31)18-28-9-11-29(12-10-28)24(26-6)27-15-21-8-7-13-32-23(21)25(3,4)5;/h19-21,23H,7-18H2,1-6H3,(H,26,27);1H. The van der Waals surface area contributed by atoms with Gasteiger partial charge >= 0.3 is 0 Å². The molecule has 0 aliphatic carbocycles. The number of hydrogen-bond acceptors (Lipinski definition) is 4. The SMILES string of the molecule is CN=C(NCC1CCCOC1C(C)(C)C)N1CCN(CC(=O)N2CC(C)CC(C)C2)CC1.I. The molecule has 0 spiro atoms. The van der Waals surface area contributed by atoms with Crippen LogP contribution < -0.4 is 5.32 Å². The van der Waals surface area contributed by atoms with Crippen LogP contribution in [0.4, 0.5) is 0 Å². The normalized spacial score (nSPS) is 30.1. The van der Waals surface area contributed by atoms with Gasteiger partial charge in [-0.05, 0) is 36.5 Å². The summed E-state index contributed by atoms with van der Waals surface area (Å²) >= 11 is 0. The quantitative estimate of drug-likeness (QED) is 0.316. The molecule has 3 fully saturated rings. The molecule has 8 heteroatoms. The minimum absolute atomic E-state index is 0. The van der Waals surface area contributed by atoms with Crippen LogP contribution in [0.1, 0.15) is 53.9 Å². The van der Waals surface area contributed by atoms with Crippen molar-refractivity contribution < 1.29 is 9.53 Å². The second-order valence-corrected chi connectivity index (χ2v) is 11.5. The molecule has 1 amide bonds. The fourth-order valence-corrected chi connectivity index (χ4v) is 5.84. The summed E-state index contributed by atoms with van der Waals surface area (Å²) in [4.78, 5) is 24.1. The minimum Gasteiger partial charge on any atom is -0.377 e. The molecule has 3 rings (SSSR count). The first kappa shape index (κ1) is 28.6. The lowest BCUT2D eigenvalue weighted by atomic mass is 9.78. The Hall–Kier alpha value is -0.610. The number of guanidine groups is 1. The fourth-order valence-electron chi connectivity index (χ4n) is 5.84. The predicted molar refractivity (Wildman–Crippen MR) is 146 cm³/mol. The van der Waals surface area contributed by atoms with E-state index in [-0.39, 0.29) is 35.5 Å². The summed E-state index contributed by atoms with van der Waals surface area (Å²) in [6.07, 6.45) is 3.86. The summed E-state index contributed by atoms with van der Waals surface area (Å²) in [6.45, 7) is 19.1. The molecule has 4 unspecified atom stereocenters. The van der Waals surface area contributed by atoms with E-state index in [1.54, 1.807) is 0 Å². The number of piperazine rings is 1. The van der Waals surface area contributed by atoms with Gasteiger partial charge in [0.25, 0.3) is 0 Å². The molecule has 3 heterocycles. The molecular weight excluding hydrogens is 529 g/mol. The second kappa shape index (κ2) is 12.9. The van der Waals surface area contributed by atoms with Crippen LogP contribution >= 0.6 is 24.0 Å². The van der Waals surface area contributed by atoms with Gasteiger partial charge in [0, 0.05) is 65.4 Å². The van der Waals surface area contributed by atoms with Gasteiger partial charge in [0.15, 0.2) is 5.96 Å². The van der Waals surface area contributed by atoms with Gasteiger partial charge in [-0.2, -0.15) is 0 Å². The third-order valence-electron chi connectivity index (χ3n) is 7.28. The van der Waals surface area contributed by atoms with Gasteiger partial charge in [0.1, 0.15) is 0 Å². The van der Waals surface area contributed by atoms with Crippen molar-refractivity contribution in [3.8, 4) is 0 Å². The van der Waals surface area contributed by atoms with Gasteiger partial charge in [-0.15, -0.1) is 24.0 Å². The molecule has 0 aromatic carbocycles. The summed E-state index contributed by atoms with van der Waals surface area (Å²) in [6, 6.07) is 0. The zero-order chi connectivity index (χ0) is 23.3. The molecule has 0 bridgehead atoms. The molecular formula is C25H48IN5O2. The Kier molecular flexibility index (Phi) is 11.2. The highest BCUT2D eigenvalue weighted by Gasteiger charge is 2.35. The van der Waals surface area contributed by atoms with Crippen LogP contribution in [-0.2, 0) is 9.53 Å². The van der Waals surface area contributed by atoms with Crippen LogP contribution in [0, 0.1) is 23.2 Å². The van der Waals surface area contributed by atoms with Gasteiger partial charge in [-0.3, -0.25) is 14.7 Å². The molecule has 0 aromatic rings. The summed E-state index contributed by atoms with van der Waals surface area (Å²) < 4.78 is 6.14. The largest absolute Gasteiger partial charge is 0.377 e. The van der Waals surface area contributed by atoms with E-state index in [1.807, 2.05) is 7.05 Å². The average Bonchev–Trinajstić information content (AvgIpc) is 2.74. The van der Waals surface area contributed by atoms with E-state index in [2.05, 4.69) is 59.6 Å². The molecule has 0 aromatic heterocycles. The molecule has 4 atom stereocenters. The molecule has 3 aliphatic rings. The van der Waals surface area contributed by atoms with Crippen LogP contribution in [-0.4, -0.2) is 98.7 Å². The number of halogens is 1.